The quantitative estimate of drug-likeness (QED) is 0.0993. The fourth-order valence-corrected chi connectivity index (χ4v) is 8.77. The number of hydroxylamine groups is 2. The predicted octanol–water partition coefficient (Wildman–Crippen LogP) is 4.84. The van der Waals surface area contributed by atoms with Crippen LogP contribution in [0.15, 0.2) is 24.3 Å². The number of ether oxygens (including phenoxy) is 4. The number of aliphatic hydroxyl groups is 1. The van der Waals surface area contributed by atoms with Gasteiger partial charge in [0, 0.05) is 42.2 Å². The molecule has 1 aromatic carbocycles. The molecule has 13 nitrogen and oxygen atoms in total. The first kappa shape index (κ1) is 41.8. The average molecular weight is 856 g/mol. The second kappa shape index (κ2) is 18.1. The van der Waals surface area contributed by atoms with Gasteiger partial charge in [-0.3, -0.25) is 24.0 Å². The number of halogens is 1. The Bertz CT molecular complexity index is 1440. The fraction of sp³-hybridized carbons (Fsp3) is 0.744. The van der Waals surface area contributed by atoms with Crippen molar-refractivity contribution in [2.45, 2.75) is 166 Å². The molecule has 3 heterocycles. The summed E-state index contributed by atoms with van der Waals surface area (Å²) >= 11 is 2.24. The molecule has 4 fully saturated rings. The van der Waals surface area contributed by atoms with E-state index in [0.717, 1.165) is 47.7 Å². The van der Waals surface area contributed by atoms with Crippen molar-refractivity contribution in [3.8, 4) is 0 Å². The van der Waals surface area contributed by atoms with Gasteiger partial charge < -0.3 is 34.7 Å². The molecule has 1 aromatic rings. The highest BCUT2D eigenvalue weighted by molar-refractivity contribution is 14.1. The van der Waals surface area contributed by atoms with Crippen molar-refractivity contribution >= 4 is 46.3 Å². The third-order valence-corrected chi connectivity index (χ3v) is 11.2. The number of unbranched alkanes of at least 4 members (excludes halogenated alkanes) is 4. The molecule has 0 aromatic heterocycles. The van der Waals surface area contributed by atoms with Gasteiger partial charge in [0.2, 0.25) is 11.8 Å². The van der Waals surface area contributed by atoms with E-state index in [1.807, 2.05) is 24.3 Å². The normalized spacial score (nSPS) is 27.8. The second-order valence-electron chi connectivity index (χ2n) is 15.9. The van der Waals surface area contributed by atoms with Gasteiger partial charge in [-0.05, 0) is 80.3 Å². The van der Waals surface area contributed by atoms with E-state index in [4.69, 9.17) is 23.8 Å². The van der Waals surface area contributed by atoms with Crippen LogP contribution in [0, 0.1) is 8.99 Å². The van der Waals surface area contributed by atoms with Crippen LogP contribution >= 0.6 is 22.6 Å². The lowest BCUT2D eigenvalue weighted by atomic mass is 9.62. The lowest BCUT2D eigenvalue weighted by Gasteiger charge is -2.48. The van der Waals surface area contributed by atoms with Crippen LogP contribution in [0.2, 0.25) is 0 Å². The van der Waals surface area contributed by atoms with E-state index in [-0.39, 0.29) is 45.4 Å². The first-order chi connectivity index (χ1) is 25.2. The van der Waals surface area contributed by atoms with Crippen LogP contribution in [0.25, 0.3) is 0 Å². The molecule has 0 radical (unpaired) electrons. The number of rotatable bonds is 19. The van der Waals surface area contributed by atoms with E-state index in [0.29, 0.717) is 12.8 Å². The zero-order valence-electron chi connectivity index (χ0n) is 31.8. The summed E-state index contributed by atoms with van der Waals surface area (Å²) in [6.07, 6.45) is 4.97. The Hall–Kier alpha value is -2.37. The molecular formula is C39H58IN3O10. The Kier molecular flexibility index (Phi) is 14.2. The summed E-state index contributed by atoms with van der Waals surface area (Å²) in [7, 11) is 0. The fourth-order valence-electron chi connectivity index (χ4n) is 8.16. The summed E-state index contributed by atoms with van der Waals surface area (Å²) < 4.78 is 26.2. The highest BCUT2D eigenvalue weighted by Gasteiger charge is 2.76. The van der Waals surface area contributed by atoms with E-state index >= 15 is 0 Å². The molecule has 3 saturated heterocycles. The number of hydrogen-bond donors (Lipinski definition) is 3. The minimum absolute atomic E-state index is 0.0178. The van der Waals surface area contributed by atoms with Crippen LogP contribution in [0.1, 0.15) is 117 Å². The van der Waals surface area contributed by atoms with E-state index in [2.05, 4.69) is 47.1 Å². The molecule has 2 amide bonds. The summed E-state index contributed by atoms with van der Waals surface area (Å²) in [6, 6.07) is 6.18. The number of hydrogen-bond acceptors (Lipinski definition) is 11. The van der Waals surface area contributed by atoms with Gasteiger partial charge in [0.15, 0.2) is 11.8 Å². The molecule has 14 heteroatoms. The van der Waals surface area contributed by atoms with Crippen molar-refractivity contribution in [2.24, 2.45) is 5.41 Å². The van der Waals surface area contributed by atoms with Crippen molar-refractivity contribution < 1.29 is 48.1 Å². The van der Waals surface area contributed by atoms with Gasteiger partial charge in [-0.15, -0.1) is 0 Å². The SMILES string of the molecule is CCCCCC1(CCCCC)O[C@@H]2[C@H](O1)[C@H]1ON(Cc3cccc(I)c3)[C@@H]3C(=O)O[C@@H]2C[C@]13C(=O)NCCC(=O)N[C@H](CO)CCC(=O)OC(C)(C)C. The number of aliphatic hydroxyl groups excluding tert-OH is 1. The summed E-state index contributed by atoms with van der Waals surface area (Å²) in [5, 5.41) is 17.1. The molecule has 296 valence electrons. The molecule has 0 spiro atoms. The van der Waals surface area contributed by atoms with Crippen molar-refractivity contribution in [1.82, 2.24) is 15.7 Å². The van der Waals surface area contributed by atoms with Crippen molar-refractivity contribution in [1.29, 1.82) is 0 Å². The van der Waals surface area contributed by atoms with Gasteiger partial charge >= 0.3 is 11.9 Å². The summed E-state index contributed by atoms with van der Waals surface area (Å²) in [5.74, 6) is -2.64. The maximum absolute atomic E-state index is 14.6. The number of nitrogens with one attached hydrogen (secondary N) is 2. The zero-order valence-corrected chi connectivity index (χ0v) is 34.0. The Balaban J connectivity index is 1.33. The van der Waals surface area contributed by atoms with Crippen LogP contribution in [0.5, 0.6) is 0 Å². The number of carbonyl (C=O) groups is 4. The highest BCUT2D eigenvalue weighted by atomic mass is 127. The number of esters is 2. The van der Waals surface area contributed by atoms with Gasteiger partial charge in [0.25, 0.3) is 0 Å². The number of carbonyl (C=O) groups excluding carboxylic acids is 4. The van der Waals surface area contributed by atoms with Crippen LogP contribution in [0.3, 0.4) is 0 Å². The monoisotopic (exact) mass is 855 g/mol. The minimum Gasteiger partial charge on any atom is -0.460 e. The second-order valence-corrected chi connectivity index (χ2v) is 17.2. The summed E-state index contributed by atoms with van der Waals surface area (Å²) in [5.41, 5.74) is -1.07. The largest absolute Gasteiger partial charge is 0.460 e. The first-order valence-corrected chi connectivity index (χ1v) is 20.5. The van der Waals surface area contributed by atoms with Crippen molar-refractivity contribution in [3.05, 3.63) is 33.4 Å². The molecule has 0 unspecified atom stereocenters. The Morgan fingerprint density at radius 1 is 1.06 bits per heavy atom. The van der Waals surface area contributed by atoms with E-state index < -0.39 is 77.1 Å². The van der Waals surface area contributed by atoms with Gasteiger partial charge in [0.1, 0.15) is 35.4 Å². The molecule has 5 rings (SSSR count). The van der Waals surface area contributed by atoms with Crippen LogP contribution in [-0.2, 0) is 49.5 Å². The number of fused-ring (bicyclic) bond motifs is 4. The Morgan fingerprint density at radius 3 is 2.40 bits per heavy atom. The molecule has 1 saturated carbocycles. The average Bonchev–Trinajstić information content (AvgIpc) is 3.64. The minimum atomic E-state index is -1.35. The van der Waals surface area contributed by atoms with Gasteiger partial charge in [-0.1, -0.05) is 51.7 Å². The van der Waals surface area contributed by atoms with Gasteiger partial charge in [-0.2, -0.15) is 5.06 Å². The van der Waals surface area contributed by atoms with E-state index in [1.165, 1.54) is 0 Å². The van der Waals surface area contributed by atoms with Crippen molar-refractivity contribution in [3.63, 3.8) is 0 Å². The lowest BCUT2D eigenvalue weighted by Crippen LogP contribution is -2.69. The smallest absolute Gasteiger partial charge is 0.327 e. The molecule has 53 heavy (non-hydrogen) atoms. The molecule has 1 aliphatic carbocycles. The van der Waals surface area contributed by atoms with Crippen LogP contribution in [0.4, 0.5) is 0 Å². The first-order valence-electron chi connectivity index (χ1n) is 19.4. The topological polar surface area (TPSA) is 162 Å². The van der Waals surface area contributed by atoms with Crippen molar-refractivity contribution in [2.75, 3.05) is 13.2 Å². The van der Waals surface area contributed by atoms with Gasteiger partial charge in [-0.25, -0.2) is 0 Å². The lowest BCUT2D eigenvalue weighted by molar-refractivity contribution is -0.224. The molecule has 3 aliphatic heterocycles. The predicted molar refractivity (Wildman–Crippen MR) is 203 cm³/mol. The number of benzene rings is 1. The van der Waals surface area contributed by atoms with Crippen LogP contribution in [-0.4, -0.2) is 95.0 Å². The maximum Gasteiger partial charge on any atom is 0.327 e. The molecule has 3 N–H and O–H groups in total. The molecule has 2 bridgehead atoms. The third kappa shape index (κ3) is 9.90. The Morgan fingerprint density at radius 2 is 1.75 bits per heavy atom. The molecular weight excluding hydrogens is 797 g/mol. The standard InChI is InChI=1S/C39H58IN3O10/c1-6-8-10-18-38(19-11-9-7-2)51-31-28-22-39(36(48)41-20-17-29(45)42-27(24-44)15-16-30(46)50-37(3,4)5)33(35(47)49-28)43(53-34(39)32(31)52-38)23-25-13-12-14-26(40)21-25/h12-14,21,27-28,31-34,44H,6-11,15-20,22-24H2,1-5H3,(H,41,48)(H,42,45)/t27-,28+,31-,32-,33+,34+,39+/m0/s1. The summed E-state index contributed by atoms with van der Waals surface area (Å²) in [6.45, 7) is 9.51. The summed E-state index contributed by atoms with van der Waals surface area (Å²) in [4.78, 5) is 60.3. The maximum atomic E-state index is 14.6. The number of amides is 2. The zero-order chi connectivity index (χ0) is 38.4. The number of nitrogens with zero attached hydrogens (tertiary/aromatic N) is 1. The Labute approximate surface area is 327 Å². The highest BCUT2D eigenvalue weighted by Crippen LogP contribution is 2.58. The third-order valence-electron chi connectivity index (χ3n) is 10.6. The van der Waals surface area contributed by atoms with Gasteiger partial charge in [0.05, 0.1) is 19.2 Å². The van der Waals surface area contributed by atoms with E-state index in [1.54, 1.807) is 25.8 Å². The molecule has 7 atom stereocenters. The van der Waals surface area contributed by atoms with Crippen LogP contribution < -0.4 is 10.6 Å². The van der Waals surface area contributed by atoms with E-state index in [9.17, 15) is 24.3 Å². The molecule has 4 aliphatic rings.